The van der Waals surface area contributed by atoms with Crippen molar-refractivity contribution in [1.29, 1.82) is 0 Å². The molecule has 2 aromatic heterocycles. The highest BCUT2D eigenvalue weighted by Crippen LogP contribution is 2.28. The van der Waals surface area contributed by atoms with Gasteiger partial charge in [0.05, 0.1) is 0 Å². The van der Waals surface area contributed by atoms with E-state index in [0.29, 0.717) is 5.56 Å². The van der Waals surface area contributed by atoms with Crippen molar-refractivity contribution in [1.82, 2.24) is 9.97 Å². The number of aromatic amines is 1. The molecule has 0 unspecified atom stereocenters. The quantitative estimate of drug-likeness (QED) is 0.832. The first-order valence-electron chi connectivity index (χ1n) is 4.69. The molecule has 0 aromatic carbocycles. The van der Waals surface area contributed by atoms with Crippen LogP contribution in [0, 0.1) is 0 Å². The Morgan fingerprint density at radius 1 is 1.24 bits per heavy atom. The van der Waals surface area contributed by atoms with E-state index in [1.165, 1.54) is 18.6 Å². The van der Waals surface area contributed by atoms with E-state index in [0.717, 1.165) is 6.07 Å². The van der Waals surface area contributed by atoms with Gasteiger partial charge in [-0.1, -0.05) is 6.07 Å². The highest BCUT2D eigenvalue weighted by Gasteiger charge is 2.34. The van der Waals surface area contributed by atoms with Gasteiger partial charge in [-0.05, 0) is 12.1 Å². The fourth-order valence-corrected chi connectivity index (χ4v) is 1.39. The van der Waals surface area contributed by atoms with Gasteiger partial charge in [-0.25, -0.2) is 0 Å². The topological polar surface area (TPSA) is 45.8 Å². The van der Waals surface area contributed by atoms with E-state index in [1.807, 2.05) is 0 Å². The van der Waals surface area contributed by atoms with Gasteiger partial charge in [-0.15, -0.1) is 0 Å². The Kier molecular flexibility index (Phi) is 2.71. The van der Waals surface area contributed by atoms with E-state index in [4.69, 9.17) is 0 Å². The van der Waals surface area contributed by atoms with Crippen molar-refractivity contribution in [3.8, 4) is 11.1 Å². The third kappa shape index (κ3) is 2.35. The molecule has 0 amide bonds. The van der Waals surface area contributed by atoms with Gasteiger partial charge < -0.3 is 4.98 Å². The molecule has 0 aliphatic heterocycles. The van der Waals surface area contributed by atoms with Crippen molar-refractivity contribution >= 4 is 0 Å². The largest absolute Gasteiger partial charge is 0.421 e. The lowest BCUT2D eigenvalue weighted by Gasteiger charge is -2.07. The molecule has 0 bridgehead atoms. The summed E-state index contributed by atoms with van der Waals surface area (Å²) in [6.07, 6.45) is -0.492. The van der Waals surface area contributed by atoms with Crippen LogP contribution in [0.4, 0.5) is 13.2 Å². The summed E-state index contributed by atoms with van der Waals surface area (Å²) in [5.41, 5.74) is -1.58. The molecule has 2 aromatic rings. The summed E-state index contributed by atoms with van der Waals surface area (Å²) < 4.78 is 37.5. The Labute approximate surface area is 94.0 Å². The molecular formula is C11H7F3N2O. The van der Waals surface area contributed by atoms with Crippen LogP contribution in [-0.4, -0.2) is 9.97 Å². The van der Waals surface area contributed by atoms with Gasteiger partial charge in [0.2, 0.25) is 0 Å². The number of pyridine rings is 2. The fraction of sp³-hybridized carbons (Fsp3) is 0.0909. The van der Waals surface area contributed by atoms with Crippen molar-refractivity contribution in [2.45, 2.75) is 6.18 Å². The SMILES string of the molecule is O=c1[nH]cc(-c2cccnc2)cc1C(F)(F)F. The molecule has 6 heteroatoms. The zero-order chi connectivity index (χ0) is 12.5. The third-order valence-electron chi connectivity index (χ3n) is 2.20. The summed E-state index contributed by atoms with van der Waals surface area (Å²) in [5, 5.41) is 0. The summed E-state index contributed by atoms with van der Waals surface area (Å²) in [6.45, 7) is 0. The van der Waals surface area contributed by atoms with Gasteiger partial charge in [0.1, 0.15) is 5.56 Å². The second-order valence-electron chi connectivity index (χ2n) is 3.37. The average Bonchev–Trinajstić information content (AvgIpc) is 2.29. The molecule has 1 N–H and O–H groups in total. The monoisotopic (exact) mass is 240 g/mol. The van der Waals surface area contributed by atoms with E-state index in [9.17, 15) is 18.0 Å². The van der Waals surface area contributed by atoms with Crippen LogP contribution in [0.2, 0.25) is 0 Å². The molecule has 0 aliphatic rings. The molecule has 0 saturated carbocycles. The first kappa shape index (κ1) is 11.4. The average molecular weight is 240 g/mol. The highest BCUT2D eigenvalue weighted by molar-refractivity contribution is 5.61. The Morgan fingerprint density at radius 3 is 2.59 bits per heavy atom. The molecule has 17 heavy (non-hydrogen) atoms. The van der Waals surface area contributed by atoms with E-state index >= 15 is 0 Å². The second-order valence-corrected chi connectivity index (χ2v) is 3.37. The number of hydrogen-bond acceptors (Lipinski definition) is 2. The fourth-order valence-electron chi connectivity index (χ4n) is 1.39. The van der Waals surface area contributed by atoms with Gasteiger partial charge in [0.25, 0.3) is 5.56 Å². The molecule has 0 atom stereocenters. The number of hydrogen-bond donors (Lipinski definition) is 1. The third-order valence-corrected chi connectivity index (χ3v) is 2.20. The molecule has 88 valence electrons. The number of nitrogens with one attached hydrogen (secondary N) is 1. The summed E-state index contributed by atoms with van der Waals surface area (Å²) in [6, 6.07) is 4.03. The van der Waals surface area contributed by atoms with Crippen LogP contribution in [0.25, 0.3) is 11.1 Å². The highest BCUT2D eigenvalue weighted by atomic mass is 19.4. The van der Waals surface area contributed by atoms with E-state index in [1.54, 1.807) is 12.1 Å². The maximum absolute atomic E-state index is 12.5. The van der Waals surface area contributed by atoms with Crippen molar-refractivity contribution < 1.29 is 13.2 Å². The summed E-state index contributed by atoms with van der Waals surface area (Å²) in [7, 11) is 0. The van der Waals surface area contributed by atoms with Crippen molar-refractivity contribution in [3.05, 3.63) is 52.7 Å². The van der Waals surface area contributed by atoms with E-state index in [2.05, 4.69) is 9.97 Å². The number of nitrogens with zero attached hydrogens (tertiary/aromatic N) is 1. The maximum Gasteiger partial charge on any atom is 0.421 e. The summed E-state index contributed by atoms with van der Waals surface area (Å²) in [4.78, 5) is 16.9. The van der Waals surface area contributed by atoms with Crippen LogP contribution in [0.3, 0.4) is 0 Å². The zero-order valence-corrected chi connectivity index (χ0v) is 8.45. The molecule has 0 fully saturated rings. The van der Waals surface area contributed by atoms with E-state index in [-0.39, 0.29) is 5.56 Å². The van der Waals surface area contributed by atoms with Crippen LogP contribution in [0.1, 0.15) is 5.56 Å². The van der Waals surface area contributed by atoms with Crippen LogP contribution in [-0.2, 0) is 6.18 Å². The first-order chi connectivity index (χ1) is 7.98. The Hall–Kier alpha value is -2.11. The predicted octanol–water partition coefficient (Wildman–Crippen LogP) is 2.46. The van der Waals surface area contributed by atoms with E-state index < -0.39 is 17.3 Å². The molecule has 2 heterocycles. The lowest BCUT2D eigenvalue weighted by molar-refractivity contribution is -0.138. The number of rotatable bonds is 1. The van der Waals surface area contributed by atoms with Crippen LogP contribution < -0.4 is 5.56 Å². The Balaban J connectivity index is 2.57. The zero-order valence-electron chi connectivity index (χ0n) is 8.45. The first-order valence-corrected chi connectivity index (χ1v) is 4.69. The summed E-state index contributed by atoms with van der Waals surface area (Å²) in [5.74, 6) is 0. The number of halogens is 3. The minimum atomic E-state index is -4.66. The Bertz CT molecular complexity index is 575. The lowest BCUT2D eigenvalue weighted by atomic mass is 10.1. The molecule has 0 aliphatic carbocycles. The van der Waals surface area contributed by atoms with Gasteiger partial charge in [0.15, 0.2) is 0 Å². The van der Waals surface area contributed by atoms with Crippen LogP contribution >= 0.6 is 0 Å². The van der Waals surface area contributed by atoms with Crippen LogP contribution in [0.5, 0.6) is 0 Å². The van der Waals surface area contributed by atoms with Crippen molar-refractivity contribution in [2.24, 2.45) is 0 Å². The molecule has 3 nitrogen and oxygen atoms in total. The smallest absolute Gasteiger partial charge is 0.328 e. The summed E-state index contributed by atoms with van der Waals surface area (Å²) >= 11 is 0. The van der Waals surface area contributed by atoms with Crippen LogP contribution in [0.15, 0.2) is 41.6 Å². The maximum atomic E-state index is 12.5. The predicted molar refractivity (Wildman–Crippen MR) is 55.3 cm³/mol. The van der Waals surface area contributed by atoms with Gasteiger partial charge in [0, 0.05) is 29.7 Å². The molecule has 0 radical (unpaired) electrons. The number of alkyl halides is 3. The van der Waals surface area contributed by atoms with Gasteiger partial charge in [-0.3, -0.25) is 9.78 Å². The van der Waals surface area contributed by atoms with Crippen molar-refractivity contribution in [2.75, 3.05) is 0 Å². The minimum absolute atomic E-state index is 0.269. The number of aromatic nitrogens is 2. The second kappa shape index (κ2) is 4.04. The Morgan fingerprint density at radius 2 is 2.00 bits per heavy atom. The minimum Gasteiger partial charge on any atom is -0.328 e. The molecule has 0 spiro atoms. The number of H-pyrrole nitrogens is 1. The molecule has 0 saturated heterocycles. The molecule has 2 rings (SSSR count). The van der Waals surface area contributed by atoms with Crippen molar-refractivity contribution in [3.63, 3.8) is 0 Å². The standard InChI is InChI=1S/C11H7F3N2O/c12-11(13,14)9-4-8(6-16-10(9)17)7-2-1-3-15-5-7/h1-6H,(H,16,17). The lowest BCUT2D eigenvalue weighted by Crippen LogP contribution is -2.20. The molecular weight excluding hydrogens is 233 g/mol. The van der Waals surface area contributed by atoms with Gasteiger partial charge in [-0.2, -0.15) is 13.2 Å². The van der Waals surface area contributed by atoms with Gasteiger partial charge >= 0.3 is 6.18 Å². The normalized spacial score (nSPS) is 11.5.